The third kappa shape index (κ3) is 3.09. The van der Waals surface area contributed by atoms with Crippen LogP contribution in [0, 0.1) is 6.92 Å². The zero-order valence-corrected chi connectivity index (χ0v) is 9.82. The molecule has 0 aliphatic carbocycles. The third-order valence-electron chi connectivity index (χ3n) is 1.93. The standard InChI is InChI=1S/C10H9ClF3NO2/c1-3-17-9(16)6-4-5(2)7(10(12,13)14)15-8(6)11/h4H,3H2,1-2H3. The number of halogens is 4. The second kappa shape index (κ2) is 4.91. The molecular formula is C10H9ClF3NO2. The lowest BCUT2D eigenvalue weighted by atomic mass is 10.1. The fraction of sp³-hybridized carbons (Fsp3) is 0.400. The van der Waals surface area contributed by atoms with Gasteiger partial charge in [-0.2, -0.15) is 13.2 Å². The topological polar surface area (TPSA) is 39.2 Å². The molecule has 0 bridgehead atoms. The largest absolute Gasteiger partial charge is 0.462 e. The van der Waals surface area contributed by atoms with E-state index in [4.69, 9.17) is 11.6 Å². The minimum atomic E-state index is -4.60. The number of hydrogen-bond acceptors (Lipinski definition) is 3. The Labute approximate surface area is 101 Å². The minimum absolute atomic E-state index is 0.106. The monoisotopic (exact) mass is 267 g/mol. The van der Waals surface area contributed by atoms with Crippen LogP contribution < -0.4 is 0 Å². The summed E-state index contributed by atoms with van der Waals surface area (Å²) < 4.78 is 42.1. The van der Waals surface area contributed by atoms with Crippen molar-refractivity contribution in [2.24, 2.45) is 0 Å². The van der Waals surface area contributed by atoms with Crippen LogP contribution in [0.25, 0.3) is 0 Å². The molecule has 1 aromatic heterocycles. The van der Waals surface area contributed by atoms with Crippen molar-refractivity contribution < 1.29 is 22.7 Å². The average molecular weight is 268 g/mol. The van der Waals surface area contributed by atoms with Crippen molar-refractivity contribution in [2.75, 3.05) is 6.61 Å². The Morgan fingerprint density at radius 2 is 2.12 bits per heavy atom. The summed E-state index contributed by atoms with van der Waals surface area (Å²) in [6.45, 7) is 2.89. The Hall–Kier alpha value is -1.30. The lowest BCUT2D eigenvalue weighted by molar-refractivity contribution is -0.141. The summed E-state index contributed by atoms with van der Waals surface area (Å²) in [6, 6.07) is 1.02. The normalized spacial score (nSPS) is 11.4. The van der Waals surface area contributed by atoms with Crippen LogP contribution in [-0.4, -0.2) is 17.6 Å². The van der Waals surface area contributed by atoms with Crippen LogP contribution in [-0.2, 0) is 10.9 Å². The highest BCUT2D eigenvalue weighted by Gasteiger charge is 2.35. The fourth-order valence-corrected chi connectivity index (χ4v) is 1.45. The maximum atomic E-state index is 12.5. The van der Waals surface area contributed by atoms with Crippen molar-refractivity contribution >= 4 is 17.6 Å². The predicted octanol–water partition coefficient (Wildman–Crippen LogP) is 3.24. The minimum Gasteiger partial charge on any atom is -0.462 e. The quantitative estimate of drug-likeness (QED) is 0.610. The van der Waals surface area contributed by atoms with Crippen molar-refractivity contribution in [3.8, 4) is 0 Å². The van der Waals surface area contributed by atoms with Gasteiger partial charge in [0.05, 0.1) is 12.2 Å². The maximum absolute atomic E-state index is 12.5. The van der Waals surface area contributed by atoms with E-state index in [1.807, 2.05) is 0 Å². The molecule has 0 aliphatic heterocycles. The number of esters is 1. The van der Waals surface area contributed by atoms with Gasteiger partial charge in [0.15, 0.2) is 0 Å². The van der Waals surface area contributed by atoms with Gasteiger partial charge in [0.2, 0.25) is 0 Å². The Kier molecular flexibility index (Phi) is 3.98. The first-order valence-corrected chi connectivity index (χ1v) is 5.06. The zero-order chi connectivity index (χ0) is 13.2. The molecular weight excluding hydrogens is 259 g/mol. The number of nitrogens with zero attached hydrogens (tertiary/aromatic N) is 1. The molecule has 1 heterocycles. The van der Waals surface area contributed by atoms with Gasteiger partial charge in [-0.3, -0.25) is 0 Å². The number of carbonyl (C=O) groups is 1. The number of ether oxygens (including phenoxy) is 1. The predicted molar refractivity (Wildman–Crippen MR) is 54.9 cm³/mol. The summed E-state index contributed by atoms with van der Waals surface area (Å²) in [5, 5.41) is -0.513. The molecule has 7 heteroatoms. The van der Waals surface area contributed by atoms with Crippen LogP contribution in [0.4, 0.5) is 13.2 Å². The van der Waals surface area contributed by atoms with Gasteiger partial charge in [-0.15, -0.1) is 0 Å². The molecule has 0 aliphatic rings. The molecule has 0 N–H and O–H groups in total. The molecule has 0 atom stereocenters. The number of carbonyl (C=O) groups excluding carboxylic acids is 1. The number of aromatic nitrogens is 1. The Morgan fingerprint density at radius 3 is 2.59 bits per heavy atom. The van der Waals surface area contributed by atoms with E-state index in [0.717, 1.165) is 6.07 Å². The van der Waals surface area contributed by atoms with E-state index in [2.05, 4.69) is 9.72 Å². The van der Waals surface area contributed by atoms with Gasteiger partial charge in [-0.05, 0) is 25.5 Å². The van der Waals surface area contributed by atoms with Gasteiger partial charge in [0.25, 0.3) is 0 Å². The summed E-state index contributed by atoms with van der Waals surface area (Å²) in [5.74, 6) is -0.790. The van der Waals surface area contributed by atoms with Gasteiger partial charge in [-0.1, -0.05) is 11.6 Å². The Balaban J connectivity index is 3.23. The van der Waals surface area contributed by atoms with Gasteiger partial charge in [0.1, 0.15) is 10.8 Å². The lowest BCUT2D eigenvalue weighted by Crippen LogP contribution is -2.14. The van der Waals surface area contributed by atoms with Gasteiger partial charge in [-0.25, -0.2) is 9.78 Å². The van der Waals surface area contributed by atoms with Crippen molar-refractivity contribution in [3.05, 3.63) is 28.0 Å². The van der Waals surface area contributed by atoms with Crippen molar-refractivity contribution in [3.63, 3.8) is 0 Å². The third-order valence-corrected chi connectivity index (χ3v) is 2.22. The number of rotatable bonds is 2. The first-order chi connectivity index (χ1) is 7.77. The maximum Gasteiger partial charge on any atom is 0.433 e. The molecule has 94 valence electrons. The second-order valence-electron chi connectivity index (χ2n) is 3.21. The summed E-state index contributed by atoms with van der Waals surface area (Å²) >= 11 is 5.53. The Bertz CT molecular complexity index is 446. The molecule has 17 heavy (non-hydrogen) atoms. The van der Waals surface area contributed by atoms with E-state index in [-0.39, 0.29) is 17.7 Å². The van der Waals surface area contributed by atoms with Gasteiger partial charge >= 0.3 is 12.1 Å². The van der Waals surface area contributed by atoms with E-state index in [1.54, 1.807) is 6.92 Å². The first-order valence-electron chi connectivity index (χ1n) is 4.68. The van der Waals surface area contributed by atoms with Crippen molar-refractivity contribution in [1.82, 2.24) is 4.98 Å². The van der Waals surface area contributed by atoms with Gasteiger partial charge < -0.3 is 4.74 Å². The summed E-state index contributed by atoms with van der Waals surface area (Å²) in [6.07, 6.45) is -4.60. The molecule has 0 amide bonds. The number of pyridine rings is 1. The van der Waals surface area contributed by atoms with Crippen molar-refractivity contribution in [1.29, 1.82) is 0 Å². The highest BCUT2D eigenvalue weighted by molar-refractivity contribution is 6.32. The molecule has 0 saturated heterocycles. The lowest BCUT2D eigenvalue weighted by Gasteiger charge is -2.11. The highest BCUT2D eigenvalue weighted by atomic mass is 35.5. The second-order valence-corrected chi connectivity index (χ2v) is 3.57. The van der Waals surface area contributed by atoms with Gasteiger partial charge in [0, 0.05) is 0 Å². The van der Waals surface area contributed by atoms with E-state index < -0.39 is 23.0 Å². The van der Waals surface area contributed by atoms with Crippen LogP contribution in [0.1, 0.15) is 28.5 Å². The molecule has 0 radical (unpaired) electrons. The summed E-state index contributed by atoms with van der Waals surface area (Å²) in [4.78, 5) is 14.5. The fourth-order valence-electron chi connectivity index (χ4n) is 1.23. The smallest absolute Gasteiger partial charge is 0.433 e. The number of alkyl halides is 3. The van der Waals surface area contributed by atoms with Crippen LogP contribution in [0.5, 0.6) is 0 Å². The van der Waals surface area contributed by atoms with Crippen LogP contribution in [0.15, 0.2) is 6.07 Å². The molecule has 0 unspecified atom stereocenters. The molecule has 0 aromatic carbocycles. The van der Waals surface area contributed by atoms with Crippen LogP contribution >= 0.6 is 11.6 Å². The molecule has 0 spiro atoms. The highest BCUT2D eigenvalue weighted by Crippen LogP contribution is 2.32. The van der Waals surface area contributed by atoms with Crippen LogP contribution in [0.2, 0.25) is 5.15 Å². The number of aryl methyl sites for hydroxylation is 1. The summed E-state index contributed by atoms with van der Waals surface area (Å²) in [5.41, 5.74) is -1.44. The van der Waals surface area contributed by atoms with E-state index in [0.29, 0.717) is 0 Å². The molecule has 3 nitrogen and oxygen atoms in total. The molecule has 1 rings (SSSR count). The van der Waals surface area contributed by atoms with E-state index >= 15 is 0 Å². The SMILES string of the molecule is CCOC(=O)c1cc(C)c(C(F)(F)F)nc1Cl. The average Bonchev–Trinajstić information content (AvgIpc) is 2.19. The van der Waals surface area contributed by atoms with E-state index in [1.165, 1.54) is 6.92 Å². The summed E-state index contributed by atoms with van der Waals surface area (Å²) in [7, 11) is 0. The molecule has 0 fully saturated rings. The molecule has 1 aromatic rings. The Morgan fingerprint density at radius 1 is 1.53 bits per heavy atom. The molecule has 0 saturated carbocycles. The number of hydrogen-bond donors (Lipinski definition) is 0. The van der Waals surface area contributed by atoms with Crippen molar-refractivity contribution in [2.45, 2.75) is 20.0 Å². The van der Waals surface area contributed by atoms with E-state index in [9.17, 15) is 18.0 Å². The van der Waals surface area contributed by atoms with Crippen LogP contribution in [0.3, 0.4) is 0 Å². The zero-order valence-electron chi connectivity index (χ0n) is 9.06. The first kappa shape index (κ1) is 13.8.